The molecule has 3 rings (SSSR count). The normalized spacial score (nSPS) is 17.7. The van der Waals surface area contributed by atoms with Crippen LogP contribution in [0.3, 0.4) is 0 Å². The van der Waals surface area contributed by atoms with E-state index in [9.17, 15) is 4.79 Å². The van der Waals surface area contributed by atoms with Gasteiger partial charge in [0.15, 0.2) is 0 Å². The maximum absolute atomic E-state index is 11.7. The fourth-order valence-electron chi connectivity index (χ4n) is 2.61. The molecule has 0 bridgehead atoms. The van der Waals surface area contributed by atoms with Crippen molar-refractivity contribution in [3.05, 3.63) is 41.2 Å². The van der Waals surface area contributed by atoms with E-state index in [1.165, 1.54) is 24.2 Å². The second kappa shape index (κ2) is 5.20. The van der Waals surface area contributed by atoms with Gasteiger partial charge >= 0.3 is 5.97 Å². The van der Waals surface area contributed by atoms with Gasteiger partial charge in [-0.05, 0) is 36.6 Å². The van der Waals surface area contributed by atoms with Gasteiger partial charge in [0.05, 0.1) is 18.7 Å². The lowest BCUT2D eigenvalue weighted by Gasteiger charge is -2.35. The van der Waals surface area contributed by atoms with E-state index in [1.807, 2.05) is 18.2 Å². The van der Waals surface area contributed by atoms with E-state index in [-0.39, 0.29) is 12.0 Å². The Balaban J connectivity index is 1.97. The molecule has 0 radical (unpaired) electrons. The molecule has 0 N–H and O–H groups in total. The molecular weight excluding hydrogens is 274 g/mol. The van der Waals surface area contributed by atoms with Gasteiger partial charge in [-0.3, -0.25) is 0 Å². The maximum Gasteiger partial charge on any atom is 0.337 e. The van der Waals surface area contributed by atoms with Crippen LogP contribution in [-0.4, -0.2) is 29.0 Å². The third kappa shape index (κ3) is 2.16. The number of ether oxygens (including phenoxy) is 1. The second-order valence-corrected chi connectivity index (χ2v) is 5.51. The summed E-state index contributed by atoms with van der Waals surface area (Å²) in [7, 11) is 1.40. The van der Waals surface area contributed by atoms with E-state index < -0.39 is 0 Å². The van der Waals surface area contributed by atoms with Crippen LogP contribution in [0.4, 0.5) is 5.13 Å². The SMILES string of the molecule is COC(=O)c1ccc2c(c1)C(C)N(c1ncns1)CC2. The molecular formula is C14H15N3O2S. The van der Waals surface area contributed by atoms with Crippen molar-refractivity contribution in [2.45, 2.75) is 19.4 Å². The van der Waals surface area contributed by atoms with Gasteiger partial charge in [0.2, 0.25) is 5.13 Å². The number of hydrogen-bond acceptors (Lipinski definition) is 6. The number of carbonyl (C=O) groups is 1. The Morgan fingerprint density at radius 2 is 2.35 bits per heavy atom. The highest BCUT2D eigenvalue weighted by atomic mass is 32.1. The van der Waals surface area contributed by atoms with E-state index in [0.717, 1.165) is 23.7 Å². The molecule has 20 heavy (non-hydrogen) atoms. The topological polar surface area (TPSA) is 55.3 Å². The predicted octanol–water partition coefficient (Wildman–Crippen LogP) is 2.45. The lowest BCUT2D eigenvalue weighted by atomic mass is 9.92. The van der Waals surface area contributed by atoms with Gasteiger partial charge in [-0.25, -0.2) is 9.78 Å². The Morgan fingerprint density at radius 1 is 1.50 bits per heavy atom. The van der Waals surface area contributed by atoms with Crippen molar-refractivity contribution in [3.8, 4) is 0 Å². The third-order valence-electron chi connectivity index (χ3n) is 3.70. The van der Waals surface area contributed by atoms with E-state index in [2.05, 4.69) is 21.2 Å². The van der Waals surface area contributed by atoms with Gasteiger partial charge in [-0.2, -0.15) is 4.37 Å². The quantitative estimate of drug-likeness (QED) is 0.795. The summed E-state index contributed by atoms with van der Waals surface area (Å²) in [6.07, 6.45) is 2.52. The zero-order chi connectivity index (χ0) is 14.1. The summed E-state index contributed by atoms with van der Waals surface area (Å²) >= 11 is 1.40. The first-order valence-corrected chi connectivity index (χ1v) is 7.22. The molecule has 0 saturated heterocycles. The number of hydrogen-bond donors (Lipinski definition) is 0. The van der Waals surface area contributed by atoms with Crippen molar-refractivity contribution in [1.29, 1.82) is 0 Å². The third-order valence-corrected chi connectivity index (χ3v) is 4.40. The molecule has 5 nitrogen and oxygen atoms in total. The first-order valence-electron chi connectivity index (χ1n) is 6.45. The zero-order valence-corrected chi connectivity index (χ0v) is 12.2. The summed E-state index contributed by atoms with van der Waals surface area (Å²) in [5.41, 5.74) is 3.04. The van der Waals surface area contributed by atoms with Crippen molar-refractivity contribution in [1.82, 2.24) is 9.36 Å². The fourth-order valence-corrected chi connectivity index (χ4v) is 3.25. The summed E-state index contributed by atoms with van der Waals surface area (Å²) in [6.45, 7) is 3.04. The van der Waals surface area contributed by atoms with Gasteiger partial charge in [0.1, 0.15) is 6.33 Å². The molecule has 0 spiro atoms. The second-order valence-electron chi connectivity index (χ2n) is 4.75. The van der Waals surface area contributed by atoms with Crippen LogP contribution in [0.2, 0.25) is 0 Å². The van der Waals surface area contributed by atoms with Crippen LogP contribution in [0.25, 0.3) is 0 Å². The highest BCUT2D eigenvalue weighted by molar-refractivity contribution is 7.09. The van der Waals surface area contributed by atoms with Crippen LogP contribution >= 0.6 is 11.5 Å². The number of aromatic nitrogens is 2. The summed E-state index contributed by atoms with van der Waals surface area (Å²) in [5.74, 6) is -0.298. The molecule has 1 aliphatic rings. The van der Waals surface area contributed by atoms with Gasteiger partial charge in [0.25, 0.3) is 0 Å². The zero-order valence-electron chi connectivity index (χ0n) is 11.4. The fraction of sp³-hybridized carbons (Fsp3) is 0.357. The molecule has 2 aromatic rings. The van der Waals surface area contributed by atoms with Gasteiger partial charge in [-0.1, -0.05) is 6.07 Å². The molecule has 1 atom stereocenters. The molecule has 2 heterocycles. The van der Waals surface area contributed by atoms with E-state index in [4.69, 9.17) is 4.74 Å². The molecule has 6 heteroatoms. The molecule has 1 aromatic carbocycles. The largest absolute Gasteiger partial charge is 0.465 e. The van der Waals surface area contributed by atoms with Crippen molar-refractivity contribution < 1.29 is 9.53 Å². The Kier molecular flexibility index (Phi) is 3.40. The van der Waals surface area contributed by atoms with Gasteiger partial charge < -0.3 is 9.64 Å². The Hall–Kier alpha value is -1.95. The first-order chi connectivity index (χ1) is 9.70. The average molecular weight is 289 g/mol. The van der Waals surface area contributed by atoms with Gasteiger partial charge in [-0.15, -0.1) is 0 Å². The number of nitrogens with zero attached hydrogens (tertiary/aromatic N) is 3. The first kappa shape index (κ1) is 13.1. The summed E-state index contributed by atoms with van der Waals surface area (Å²) in [5, 5.41) is 0.923. The number of carbonyl (C=O) groups excluding carboxylic acids is 1. The lowest BCUT2D eigenvalue weighted by Crippen LogP contribution is -2.34. The Bertz CT molecular complexity index is 627. The molecule has 0 amide bonds. The van der Waals surface area contributed by atoms with Crippen LogP contribution in [0.5, 0.6) is 0 Å². The number of rotatable bonds is 2. The molecule has 0 fully saturated rings. The van der Waals surface area contributed by atoms with Crippen LogP contribution in [0.1, 0.15) is 34.5 Å². The Labute approximate surface area is 121 Å². The number of esters is 1. The molecule has 104 valence electrons. The molecule has 0 aliphatic carbocycles. The number of methoxy groups -OCH3 is 1. The smallest absolute Gasteiger partial charge is 0.337 e. The minimum atomic E-state index is -0.298. The van der Waals surface area contributed by atoms with E-state index in [0.29, 0.717) is 5.56 Å². The van der Waals surface area contributed by atoms with Crippen LogP contribution in [0.15, 0.2) is 24.5 Å². The van der Waals surface area contributed by atoms with Crippen LogP contribution in [-0.2, 0) is 11.2 Å². The monoisotopic (exact) mass is 289 g/mol. The predicted molar refractivity (Wildman–Crippen MR) is 77.2 cm³/mol. The highest BCUT2D eigenvalue weighted by Gasteiger charge is 2.26. The Morgan fingerprint density at radius 3 is 3.05 bits per heavy atom. The minimum Gasteiger partial charge on any atom is -0.465 e. The number of benzene rings is 1. The van der Waals surface area contributed by atoms with Crippen molar-refractivity contribution in [2.24, 2.45) is 0 Å². The van der Waals surface area contributed by atoms with Crippen molar-refractivity contribution >= 4 is 22.6 Å². The highest BCUT2D eigenvalue weighted by Crippen LogP contribution is 2.34. The lowest BCUT2D eigenvalue weighted by molar-refractivity contribution is 0.0600. The molecule has 1 aliphatic heterocycles. The maximum atomic E-state index is 11.7. The van der Waals surface area contributed by atoms with Crippen molar-refractivity contribution in [2.75, 3.05) is 18.6 Å². The van der Waals surface area contributed by atoms with Crippen LogP contribution in [0, 0.1) is 0 Å². The summed E-state index contributed by atoms with van der Waals surface area (Å²) in [6, 6.07) is 5.96. The standard InChI is InChI=1S/C14H15N3O2S/c1-9-12-7-11(13(18)19-2)4-3-10(12)5-6-17(9)14-15-8-16-20-14/h3-4,7-9H,5-6H2,1-2H3. The van der Waals surface area contributed by atoms with E-state index in [1.54, 1.807) is 6.33 Å². The van der Waals surface area contributed by atoms with Crippen molar-refractivity contribution in [3.63, 3.8) is 0 Å². The summed E-state index contributed by atoms with van der Waals surface area (Å²) < 4.78 is 8.85. The van der Waals surface area contributed by atoms with Gasteiger partial charge in [0, 0.05) is 18.1 Å². The minimum absolute atomic E-state index is 0.177. The number of fused-ring (bicyclic) bond motifs is 1. The average Bonchev–Trinajstić information content (AvgIpc) is 3.00. The number of anilines is 1. The van der Waals surface area contributed by atoms with Crippen LogP contribution < -0.4 is 4.90 Å². The molecule has 0 saturated carbocycles. The molecule has 1 aromatic heterocycles. The molecule has 1 unspecified atom stereocenters. The van der Waals surface area contributed by atoms with E-state index >= 15 is 0 Å². The summed E-state index contributed by atoms with van der Waals surface area (Å²) in [4.78, 5) is 18.2.